The molecule has 0 aliphatic heterocycles. The first-order valence-electron chi connectivity index (χ1n) is 9.36. The molecule has 0 atom stereocenters. The number of carbonyl (C=O) groups is 2. The van der Waals surface area contributed by atoms with E-state index >= 15 is 0 Å². The largest absolute Gasteiger partial charge is 0.465 e. The summed E-state index contributed by atoms with van der Waals surface area (Å²) in [5.41, 5.74) is 2.66. The lowest BCUT2D eigenvalue weighted by Gasteiger charge is -2.08. The average molecular weight is 422 g/mol. The summed E-state index contributed by atoms with van der Waals surface area (Å²) in [6.45, 7) is 3.88. The summed E-state index contributed by atoms with van der Waals surface area (Å²) >= 11 is 6.10. The summed E-state index contributed by atoms with van der Waals surface area (Å²) in [6.07, 6.45) is 3.25. The Bertz CT molecular complexity index is 1190. The number of nitrogens with zero attached hydrogens (tertiary/aromatic N) is 2. The van der Waals surface area contributed by atoms with Crippen molar-refractivity contribution in [1.82, 2.24) is 4.57 Å². The molecule has 0 bridgehead atoms. The molecule has 0 aliphatic rings. The van der Waals surface area contributed by atoms with Crippen LogP contribution < -0.4 is 5.32 Å². The molecule has 0 aliphatic carbocycles. The van der Waals surface area contributed by atoms with Crippen LogP contribution in [0.4, 0.5) is 5.69 Å². The predicted molar refractivity (Wildman–Crippen MR) is 117 cm³/mol. The van der Waals surface area contributed by atoms with Gasteiger partial charge in [-0.2, -0.15) is 5.26 Å². The van der Waals surface area contributed by atoms with Gasteiger partial charge in [-0.1, -0.05) is 35.9 Å². The van der Waals surface area contributed by atoms with E-state index < -0.39 is 5.91 Å². The molecule has 0 saturated heterocycles. The van der Waals surface area contributed by atoms with Crippen LogP contribution in [0, 0.1) is 18.3 Å². The van der Waals surface area contributed by atoms with Crippen molar-refractivity contribution in [2.45, 2.75) is 20.4 Å². The minimum atomic E-state index is -0.537. The smallest absolute Gasteiger partial charge is 0.325 e. The van der Waals surface area contributed by atoms with E-state index in [0.29, 0.717) is 22.9 Å². The van der Waals surface area contributed by atoms with Gasteiger partial charge in [0, 0.05) is 33.4 Å². The van der Waals surface area contributed by atoms with Gasteiger partial charge in [-0.3, -0.25) is 9.59 Å². The van der Waals surface area contributed by atoms with Gasteiger partial charge in [0.05, 0.1) is 6.61 Å². The van der Waals surface area contributed by atoms with Crippen LogP contribution in [0.15, 0.2) is 54.2 Å². The van der Waals surface area contributed by atoms with Crippen LogP contribution in [0.1, 0.15) is 18.1 Å². The molecule has 2 aromatic carbocycles. The molecular formula is C23H20ClN3O3. The molecule has 3 aromatic rings. The van der Waals surface area contributed by atoms with Gasteiger partial charge in [-0.15, -0.1) is 0 Å². The normalized spacial score (nSPS) is 11.2. The van der Waals surface area contributed by atoms with E-state index in [4.69, 9.17) is 16.3 Å². The summed E-state index contributed by atoms with van der Waals surface area (Å²) in [5, 5.41) is 13.6. The summed E-state index contributed by atoms with van der Waals surface area (Å²) < 4.78 is 6.77. The first-order chi connectivity index (χ1) is 14.4. The Balaban J connectivity index is 1.95. The number of anilines is 1. The highest BCUT2D eigenvalue weighted by atomic mass is 35.5. The molecule has 1 aromatic heterocycles. The third-order valence-corrected chi connectivity index (χ3v) is 5.01. The highest BCUT2D eigenvalue weighted by molar-refractivity contribution is 6.31. The molecule has 152 valence electrons. The molecule has 30 heavy (non-hydrogen) atoms. The quantitative estimate of drug-likeness (QED) is 0.355. The molecule has 1 heterocycles. The molecule has 0 spiro atoms. The zero-order valence-electron chi connectivity index (χ0n) is 16.6. The van der Waals surface area contributed by atoms with Gasteiger partial charge in [0.1, 0.15) is 18.2 Å². The molecule has 0 radical (unpaired) electrons. The molecule has 1 N–H and O–H groups in total. The Morgan fingerprint density at radius 3 is 2.73 bits per heavy atom. The van der Waals surface area contributed by atoms with E-state index in [-0.39, 0.29) is 18.1 Å². The Hall–Kier alpha value is -3.56. The first kappa shape index (κ1) is 21.2. The number of aromatic nitrogens is 1. The van der Waals surface area contributed by atoms with E-state index in [0.717, 1.165) is 16.5 Å². The van der Waals surface area contributed by atoms with Gasteiger partial charge in [-0.25, -0.2) is 0 Å². The molecular weight excluding hydrogens is 402 g/mol. The number of halogens is 1. The minimum absolute atomic E-state index is 0.0397. The molecule has 0 unspecified atom stereocenters. The second kappa shape index (κ2) is 9.29. The number of esters is 1. The van der Waals surface area contributed by atoms with Gasteiger partial charge < -0.3 is 14.6 Å². The predicted octanol–water partition coefficient (Wildman–Crippen LogP) is 4.71. The maximum atomic E-state index is 12.7. The maximum absolute atomic E-state index is 12.7. The fraction of sp³-hybridized carbons (Fsp3) is 0.174. The zero-order chi connectivity index (χ0) is 21.7. The SMILES string of the molecule is CCOC(=O)Cn1cc(/C=C(/C#N)C(=O)Nc2cccc(Cl)c2C)c2ccccc21. The van der Waals surface area contributed by atoms with E-state index in [1.807, 2.05) is 30.3 Å². The lowest BCUT2D eigenvalue weighted by Crippen LogP contribution is -2.14. The Labute approximate surface area is 179 Å². The zero-order valence-corrected chi connectivity index (χ0v) is 17.4. The van der Waals surface area contributed by atoms with E-state index in [1.54, 1.807) is 42.8 Å². The van der Waals surface area contributed by atoms with E-state index in [1.165, 1.54) is 6.08 Å². The van der Waals surface area contributed by atoms with Crippen molar-refractivity contribution < 1.29 is 14.3 Å². The van der Waals surface area contributed by atoms with Crippen LogP contribution >= 0.6 is 11.6 Å². The molecule has 3 rings (SSSR count). The van der Waals surface area contributed by atoms with Crippen molar-refractivity contribution in [3.63, 3.8) is 0 Å². The van der Waals surface area contributed by atoms with Crippen LogP contribution in [0.3, 0.4) is 0 Å². The van der Waals surface area contributed by atoms with Crippen molar-refractivity contribution in [3.05, 3.63) is 70.4 Å². The Kier molecular flexibility index (Phi) is 6.55. The Morgan fingerprint density at radius 1 is 1.23 bits per heavy atom. The number of nitrogens with one attached hydrogen (secondary N) is 1. The first-order valence-corrected chi connectivity index (χ1v) is 9.74. The van der Waals surface area contributed by atoms with Crippen LogP contribution in [-0.4, -0.2) is 23.1 Å². The number of rotatable bonds is 6. The summed E-state index contributed by atoms with van der Waals surface area (Å²) in [4.78, 5) is 24.6. The lowest BCUT2D eigenvalue weighted by atomic mass is 10.1. The highest BCUT2D eigenvalue weighted by Crippen LogP contribution is 2.26. The van der Waals surface area contributed by atoms with Crippen molar-refractivity contribution in [1.29, 1.82) is 5.26 Å². The number of fused-ring (bicyclic) bond motifs is 1. The molecule has 6 nitrogen and oxygen atoms in total. The van der Waals surface area contributed by atoms with E-state index in [2.05, 4.69) is 5.32 Å². The van der Waals surface area contributed by atoms with Crippen LogP contribution in [0.2, 0.25) is 5.02 Å². The molecule has 1 amide bonds. The number of benzene rings is 2. The van der Waals surface area contributed by atoms with Gasteiger partial charge in [0.2, 0.25) is 0 Å². The standard InChI is InChI=1S/C23H20ClN3O3/c1-3-30-22(28)14-27-13-17(18-7-4-5-10-21(18)27)11-16(12-25)23(29)26-20-9-6-8-19(24)15(20)2/h4-11,13H,3,14H2,1-2H3,(H,26,29)/b16-11-. The average Bonchev–Trinajstić information content (AvgIpc) is 3.07. The number of hydrogen-bond acceptors (Lipinski definition) is 4. The second-order valence-corrected chi connectivity index (χ2v) is 6.98. The van der Waals surface area contributed by atoms with Gasteiger partial charge in [0.25, 0.3) is 5.91 Å². The third-order valence-electron chi connectivity index (χ3n) is 4.60. The highest BCUT2D eigenvalue weighted by Gasteiger charge is 2.15. The summed E-state index contributed by atoms with van der Waals surface area (Å²) in [7, 11) is 0. The van der Waals surface area contributed by atoms with Gasteiger partial charge in [-0.05, 0) is 43.7 Å². The number of nitriles is 1. The topological polar surface area (TPSA) is 84.1 Å². The number of carbonyl (C=O) groups excluding carboxylic acids is 2. The monoisotopic (exact) mass is 421 g/mol. The van der Waals surface area contributed by atoms with Gasteiger partial charge in [0.15, 0.2) is 0 Å². The number of hydrogen-bond donors (Lipinski definition) is 1. The van der Waals surface area contributed by atoms with Crippen molar-refractivity contribution in [2.75, 3.05) is 11.9 Å². The molecule has 0 saturated carbocycles. The number of para-hydroxylation sites is 1. The fourth-order valence-electron chi connectivity index (χ4n) is 3.10. The van der Waals surface area contributed by atoms with Gasteiger partial charge >= 0.3 is 5.97 Å². The lowest BCUT2D eigenvalue weighted by molar-refractivity contribution is -0.143. The second-order valence-electron chi connectivity index (χ2n) is 6.57. The fourth-order valence-corrected chi connectivity index (χ4v) is 3.28. The van der Waals surface area contributed by atoms with Crippen LogP contribution in [0.25, 0.3) is 17.0 Å². The van der Waals surface area contributed by atoms with Crippen LogP contribution in [-0.2, 0) is 20.9 Å². The van der Waals surface area contributed by atoms with Crippen molar-refractivity contribution in [2.24, 2.45) is 0 Å². The molecule has 7 heteroatoms. The minimum Gasteiger partial charge on any atom is -0.465 e. The third kappa shape index (κ3) is 4.53. The summed E-state index contributed by atoms with van der Waals surface area (Å²) in [6, 6.07) is 14.6. The summed E-state index contributed by atoms with van der Waals surface area (Å²) in [5.74, 6) is -0.895. The number of amides is 1. The maximum Gasteiger partial charge on any atom is 0.325 e. The van der Waals surface area contributed by atoms with Crippen LogP contribution in [0.5, 0.6) is 0 Å². The number of ether oxygens (including phenoxy) is 1. The van der Waals surface area contributed by atoms with Crippen molar-refractivity contribution in [3.8, 4) is 6.07 Å². The Morgan fingerprint density at radius 2 is 2.00 bits per heavy atom. The van der Waals surface area contributed by atoms with Crippen molar-refractivity contribution >= 4 is 46.1 Å². The van der Waals surface area contributed by atoms with E-state index in [9.17, 15) is 14.9 Å². The molecule has 0 fully saturated rings.